The quantitative estimate of drug-likeness (QED) is 0.632. The number of thioether (sulfide) groups is 1. The van der Waals surface area contributed by atoms with Crippen LogP contribution in [0.2, 0.25) is 5.02 Å². The lowest BCUT2D eigenvalue weighted by molar-refractivity contribution is -0.137. The molecule has 0 radical (unpaired) electrons. The van der Waals surface area contributed by atoms with Gasteiger partial charge in [0.15, 0.2) is 15.0 Å². The van der Waals surface area contributed by atoms with Crippen LogP contribution in [-0.4, -0.2) is 37.2 Å². The Bertz CT molecular complexity index is 1120. The molecule has 0 aliphatic carbocycles. The molecule has 4 rings (SSSR count). The number of rotatable bonds is 3. The standard InChI is InChI=1S/C20H18ClF3N2O2S2/c1-12-4-2-3-5-13(12)9-29-19-25-16-10-30(27,28)11-18(16)26(19)17-8-14(20(22,23)24)6-7-15(17)21/h2-8,16,18H,9-11H2,1H3. The summed E-state index contributed by atoms with van der Waals surface area (Å²) < 4.78 is 64.2. The highest BCUT2D eigenvalue weighted by Gasteiger charge is 2.48. The van der Waals surface area contributed by atoms with E-state index in [0.717, 1.165) is 23.3 Å². The Hall–Kier alpha value is -1.71. The highest BCUT2D eigenvalue weighted by Crippen LogP contribution is 2.41. The maximum atomic E-state index is 13.3. The Morgan fingerprint density at radius 2 is 1.93 bits per heavy atom. The average molecular weight is 475 g/mol. The van der Waals surface area contributed by atoms with E-state index in [1.165, 1.54) is 17.8 Å². The zero-order valence-electron chi connectivity index (χ0n) is 15.9. The lowest BCUT2D eigenvalue weighted by Crippen LogP contribution is -2.39. The Balaban J connectivity index is 1.71. The SMILES string of the molecule is Cc1ccccc1CSC1=NC2CS(=O)(=O)CC2N1c1cc(C(F)(F)F)ccc1Cl. The number of benzene rings is 2. The molecule has 0 aromatic heterocycles. The number of nitrogens with zero attached hydrogens (tertiary/aromatic N) is 2. The molecule has 0 saturated carbocycles. The first kappa shape index (κ1) is 21.5. The van der Waals surface area contributed by atoms with Crippen molar-refractivity contribution in [3.8, 4) is 0 Å². The van der Waals surface area contributed by atoms with Gasteiger partial charge in [-0.15, -0.1) is 0 Å². The Morgan fingerprint density at radius 3 is 2.63 bits per heavy atom. The Morgan fingerprint density at radius 1 is 1.20 bits per heavy atom. The number of anilines is 1. The fourth-order valence-corrected chi connectivity index (χ4v) is 6.95. The van der Waals surface area contributed by atoms with Gasteiger partial charge in [-0.3, -0.25) is 4.99 Å². The first-order valence-electron chi connectivity index (χ1n) is 9.17. The van der Waals surface area contributed by atoms with E-state index in [-0.39, 0.29) is 22.2 Å². The number of fused-ring (bicyclic) bond motifs is 1. The molecule has 0 amide bonds. The maximum Gasteiger partial charge on any atom is 0.416 e. The topological polar surface area (TPSA) is 49.7 Å². The van der Waals surface area contributed by atoms with E-state index >= 15 is 0 Å². The molecular weight excluding hydrogens is 457 g/mol. The summed E-state index contributed by atoms with van der Waals surface area (Å²) in [6, 6.07) is 9.82. The third-order valence-electron chi connectivity index (χ3n) is 5.26. The van der Waals surface area contributed by atoms with Gasteiger partial charge in [-0.1, -0.05) is 47.6 Å². The first-order chi connectivity index (χ1) is 14.0. The molecule has 0 bridgehead atoms. The molecule has 0 spiro atoms. The van der Waals surface area contributed by atoms with Gasteiger partial charge in [-0.25, -0.2) is 8.42 Å². The van der Waals surface area contributed by atoms with Gasteiger partial charge in [-0.05, 0) is 36.2 Å². The smallest absolute Gasteiger partial charge is 0.313 e. The van der Waals surface area contributed by atoms with Crippen LogP contribution >= 0.6 is 23.4 Å². The van der Waals surface area contributed by atoms with Gasteiger partial charge in [0.2, 0.25) is 0 Å². The lowest BCUT2D eigenvalue weighted by Gasteiger charge is -2.28. The van der Waals surface area contributed by atoms with Gasteiger partial charge in [0, 0.05) is 5.75 Å². The molecule has 1 fully saturated rings. The van der Waals surface area contributed by atoms with E-state index < -0.39 is 33.7 Å². The van der Waals surface area contributed by atoms with Crippen LogP contribution in [0.15, 0.2) is 47.5 Å². The zero-order valence-corrected chi connectivity index (χ0v) is 18.2. The third kappa shape index (κ3) is 4.20. The van der Waals surface area contributed by atoms with Crippen LogP contribution in [0.1, 0.15) is 16.7 Å². The molecule has 2 unspecified atom stereocenters. The molecule has 30 heavy (non-hydrogen) atoms. The van der Waals surface area contributed by atoms with Crippen LogP contribution in [0.25, 0.3) is 0 Å². The Kier molecular flexibility index (Phi) is 5.57. The van der Waals surface area contributed by atoms with Crippen molar-refractivity contribution in [2.45, 2.75) is 30.9 Å². The van der Waals surface area contributed by atoms with Crippen molar-refractivity contribution in [1.82, 2.24) is 0 Å². The summed E-state index contributed by atoms with van der Waals surface area (Å²) in [6.07, 6.45) is -4.54. The average Bonchev–Trinajstić information content (AvgIpc) is 3.11. The van der Waals surface area contributed by atoms with E-state index in [2.05, 4.69) is 4.99 Å². The van der Waals surface area contributed by atoms with Gasteiger partial charge in [-0.2, -0.15) is 13.2 Å². The first-order valence-corrected chi connectivity index (χ1v) is 12.4. The number of sulfone groups is 1. The van der Waals surface area contributed by atoms with E-state index in [4.69, 9.17) is 11.6 Å². The van der Waals surface area contributed by atoms with Crippen molar-refractivity contribution in [2.24, 2.45) is 4.99 Å². The molecule has 2 aromatic rings. The van der Waals surface area contributed by atoms with E-state index in [1.807, 2.05) is 31.2 Å². The molecule has 2 aliphatic heterocycles. The summed E-state index contributed by atoms with van der Waals surface area (Å²) in [6.45, 7) is 1.98. The molecule has 2 aliphatic rings. The number of amidine groups is 1. The minimum Gasteiger partial charge on any atom is -0.313 e. The number of hydrogen-bond acceptors (Lipinski definition) is 5. The van der Waals surface area contributed by atoms with Crippen LogP contribution in [0.3, 0.4) is 0 Å². The van der Waals surface area contributed by atoms with Crippen LogP contribution in [0.5, 0.6) is 0 Å². The van der Waals surface area contributed by atoms with Gasteiger partial charge in [0.25, 0.3) is 0 Å². The number of aliphatic imine (C=N–C) groups is 1. The minimum atomic E-state index is -4.54. The number of aryl methyl sites for hydroxylation is 1. The van der Waals surface area contributed by atoms with E-state index in [0.29, 0.717) is 10.9 Å². The highest BCUT2D eigenvalue weighted by atomic mass is 35.5. The predicted octanol–water partition coefficient (Wildman–Crippen LogP) is 4.94. The van der Waals surface area contributed by atoms with Crippen LogP contribution in [0.4, 0.5) is 18.9 Å². The van der Waals surface area contributed by atoms with Crippen LogP contribution in [0, 0.1) is 6.92 Å². The Labute approximate surface area is 182 Å². The summed E-state index contributed by atoms with van der Waals surface area (Å²) in [5.74, 6) is 0.284. The van der Waals surface area contributed by atoms with Gasteiger partial charge < -0.3 is 4.90 Å². The number of hydrogen-bond donors (Lipinski definition) is 0. The largest absolute Gasteiger partial charge is 0.416 e. The predicted molar refractivity (Wildman–Crippen MR) is 115 cm³/mol. The summed E-state index contributed by atoms with van der Waals surface area (Å²) in [5, 5.41) is 0.613. The van der Waals surface area contributed by atoms with Gasteiger partial charge in [0.1, 0.15) is 0 Å². The van der Waals surface area contributed by atoms with Crippen LogP contribution < -0.4 is 4.90 Å². The van der Waals surface area contributed by atoms with E-state index in [1.54, 1.807) is 4.90 Å². The molecule has 160 valence electrons. The van der Waals surface area contributed by atoms with Crippen molar-refractivity contribution < 1.29 is 21.6 Å². The molecule has 1 saturated heterocycles. The van der Waals surface area contributed by atoms with Crippen molar-refractivity contribution in [3.63, 3.8) is 0 Å². The second-order valence-corrected chi connectivity index (χ2v) is 10.9. The monoisotopic (exact) mass is 474 g/mol. The fourth-order valence-electron chi connectivity index (χ4n) is 3.70. The van der Waals surface area contributed by atoms with Crippen LogP contribution in [-0.2, 0) is 21.8 Å². The minimum absolute atomic E-state index is 0.112. The molecule has 4 nitrogen and oxygen atoms in total. The summed E-state index contributed by atoms with van der Waals surface area (Å²) >= 11 is 7.65. The molecule has 2 atom stereocenters. The summed E-state index contributed by atoms with van der Waals surface area (Å²) in [4.78, 5) is 6.15. The zero-order chi connectivity index (χ0) is 21.7. The van der Waals surface area contributed by atoms with E-state index in [9.17, 15) is 21.6 Å². The maximum absolute atomic E-state index is 13.3. The van der Waals surface area contributed by atoms with Gasteiger partial charge >= 0.3 is 6.18 Å². The summed E-state index contributed by atoms with van der Waals surface area (Å²) in [5.41, 5.74) is 1.46. The molecular formula is C20H18ClF3N2O2S2. The molecule has 2 aromatic carbocycles. The summed E-state index contributed by atoms with van der Waals surface area (Å²) in [7, 11) is -3.32. The molecule has 10 heteroatoms. The van der Waals surface area contributed by atoms with Crippen molar-refractivity contribution in [2.75, 3.05) is 16.4 Å². The normalized spacial score (nSPS) is 22.8. The van der Waals surface area contributed by atoms with Crippen molar-refractivity contribution in [3.05, 3.63) is 64.2 Å². The van der Waals surface area contributed by atoms with Crippen molar-refractivity contribution >= 4 is 44.1 Å². The molecule has 0 N–H and O–H groups in total. The fraction of sp³-hybridized carbons (Fsp3) is 0.350. The lowest BCUT2D eigenvalue weighted by atomic mass is 10.1. The highest BCUT2D eigenvalue weighted by molar-refractivity contribution is 8.13. The number of halogens is 4. The third-order valence-corrected chi connectivity index (χ3v) is 8.29. The van der Waals surface area contributed by atoms with Gasteiger partial charge in [0.05, 0.1) is 39.9 Å². The number of alkyl halides is 3. The second-order valence-electron chi connectivity index (χ2n) is 7.37. The molecule has 2 heterocycles. The second kappa shape index (κ2) is 7.76. The van der Waals surface area contributed by atoms with Crippen molar-refractivity contribution in [1.29, 1.82) is 0 Å².